The van der Waals surface area contributed by atoms with Gasteiger partial charge in [-0.15, -0.1) is 22.0 Å². The van der Waals surface area contributed by atoms with Crippen LogP contribution in [-0.4, -0.2) is 71.5 Å². The number of aromatic nitrogens is 3. The Kier molecular flexibility index (Phi) is 7.19. The van der Waals surface area contributed by atoms with E-state index in [0.717, 1.165) is 11.3 Å². The van der Waals surface area contributed by atoms with Gasteiger partial charge in [0, 0.05) is 31.6 Å². The van der Waals surface area contributed by atoms with Gasteiger partial charge in [0.25, 0.3) is 5.91 Å². The van der Waals surface area contributed by atoms with Gasteiger partial charge in [0.05, 0.1) is 20.8 Å². The third kappa shape index (κ3) is 4.11. The van der Waals surface area contributed by atoms with Crippen molar-refractivity contribution in [2.75, 3.05) is 17.3 Å². The highest BCUT2D eigenvalue weighted by Gasteiger charge is 2.62. The second-order valence-electron chi connectivity index (χ2n) is 7.70. The van der Waals surface area contributed by atoms with E-state index in [1.54, 1.807) is 0 Å². The van der Waals surface area contributed by atoms with Gasteiger partial charge >= 0.3 is 5.97 Å². The lowest BCUT2D eigenvalue weighted by molar-refractivity contribution is -0.158. The molecule has 0 bridgehead atoms. The average Bonchev–Trinajstić information content (AvgIpc) is 3.28. The number of aliphatic hydroxyl groups is 1. The van der Waals surface area contributed by atoms with Crippen LogP contribution in [0.5, 0.6) is 0 Å². The number of carboxylic acids is 1. The largest absolute Gasteiger partial charge is 0.481 e. The van der Waals surface area contributed by atoms with Crippen LogP contribution in [0.2, 0.25) is 0 Å². The first kappa shape index (κ1) is 25.6. The number of halogens is 2. The van der Waals surface area contributed by atoms with Gasteiger partial charge in [0.2, 0.25) is 11.3 Å². The Balaban J connectivity index is 1.63. The highest BCUT2D eigenvalue weighted by Crippen LogP contribution is 2.51. The molecule has 11 nitrogen and oxygen atoms in total. The predicted molar refractivity (Wildman–Crippen MR) is 134 cm³/mol. The lowest BCUT2D eigenvalue weighted by atomic mass is 9.83. The van der Waals surface area contributed by atoms with E-state index in [2.05, 4.69) is 54.7 Å². The summed E-state index contributed by atoms with van der Waals surface area (Å²) in [6.07, 6.45) is 2.80. The number of thioether (sulfide) groups is 1. The summed E-state index contributed by atoms with van der Waals surface area (Å²) >= 11 is 13.2. The number of β-lactam (4-membered cyclic amide) rings is 1. The van der Waals surface area contributed by atoms with Crippen molar-refractivity contribution in [3.05, 3.63) is 41.6 Å². The molecule has 182 valence electrons. The molecule has 2 aromatic rings. The van der Waals surface area contributed by atoms with E-state index in [0.29, 0.717) is 10.0 Å². The van der Waals surface area contributed by atoms with E-state index in [9.17, 15) is 29.4 Å². The van der Waals surface area contributed by atoms with Gasteiger partial charge < -0.3 is 15.1 Å². The molecule has 2 fully saturated rings. The molecule has 4 rings (SSSR count). The maximum atomic E-state index is 13.2. The SMILES string of the molecule is CC(=O)N(C1C(=O)N2CC(C(=O)O)(C(S)c3nnc(CO)s3)CS[C@H]12)n1cc(Br)c(=O)c(Br)c1. The molecule has 2 aliphatic rings. The number of carbonyl (C=O) groups is 3. The Morgan fingerprint density at radius 3 is 2.50 bits per heavy atom. The van der Waals surface area contributed by atoms with E-state index >= 15 is 0 Å². The molecule has 2 aromatic heterocycles. The standard InChI is InChI=1S/C18H17Br2N5O6S3/c1-7(27)25(23-2-8(19)12(28)9(20)3-23)11-15(29)24-5-18(17(30)31,6-33-16(11)24)13(32)14-22-21-10(4-26)34-14/h2-3,11,13,16,26,32H,4-6H2,1H3,(H,30,31)/t11?,13?,16-,18?/m1/s1. The quantitative estimate of drug-likeness (QED) is 0.309. The third-order valence-electron chi connectivity index (χ3n) is 5.64. The van der Waals surface area contributed by atoms with Crippen LogP contribution in [0.4, 0.5) is 0 Å². The number of aliphatic hydroxyl groups excluding tert-OH is 1. The molecule has 3 unspecified atom stereocenters. The number of aliphatic carboxylic acids is 1. The fourth-order valence-electron chi connectivity index (χ4n) is 3.88. The van der Waals surface area contributed by atoms with Crippen molar-refractivity contribution < 1.29 is 24.6 Å². The van der Waals surface area contributed by atoms with E-state index in [1.165, 1.54) is 45.7 Å². The fraction of sp³-hybridized carbons (Fsp3) is 0.444. The van der Waals surface area contributed by atoms with Gasteiger partial charge in [-0.25, -0.2) is 5.01 Å². The summed E-state index contributed by atoms with van der Waals surface area (Å²) in [5, 5.41) is 27.8. The molecule has 0 aliphatic carbocycles. The van der Waals surface area contributed by atoms with Crippen molar-refractivity contribution in [2.45, 2.75) is 30.2 Å². The summed E-state index contributed by atoms with van der Waals surface area (Å²) in [7, 11) is 0. The van der Waals surface area contributed by atoms with Crippen LogP contribution in [0.1, 0.15) is 22.2 Å². The number of carbonyl (C=O) groups excluding carboxylic acids is 2. The minimum absolute atomic E-state index is 0.110. The molecular formula is C18H17Br2N5O6S3. The zero-order valence-corrected chi connectivity index (χ0v) is 23.0. The van der Waals surface area contributed by atoms with Crippen molar-refractivity contribution in [1.29, 1.82) is 0 Å². The van der Waals surface area contributed by atoms with Gasteiger partial charge in [-0.1, -0.05) is 11.3 Å². The predicted octanol–water partition coefficient (Wildman–Crippen LogP) is 1.23. The molecule has 0 radical (unpaired) electrons. The second-order valence-corrected chi connectivity index (χ2v) is 12.1. The van der Waals surface area contributed by atoms with Gasteiger partial charge in [-0.2, -0.15) is 12.6 Å². The number of nitrogens with zero attached hydrogens (tertiary/aromatic N) is 5. The third-order valence-corrected chi connectivity index (χ3v) is 10.2. The first-order chi connectivity index (χ1) is 16.0. The summed E-state index contributed by atoms with van der Waals surface area (Å²) < 4.78 is 1.78. The molecular weight excluding hydrogens is 638 g/mol. The van der Waals surface area contributed by atoms with Gasteiger partial charge in [0.1, 0.15) is 20.8 Å². The van der Waals surface area contributed by atoms with Crippen molar-refractivity contribution in [1.82, 2.24) is 19.8 Å². The van der Waals surface area contributed by atoms with Gasteiger partial charge in [-0.05, 0) is 31.9 Å². The molecule has 0 saturated carbocycles. The summed E-state index contributed by atoms with van der Waals surface area (Å²) in [6, 6.07) is -0.878. The maximum Gasteiger partial charge on any atom is 0.313 e. The minimum atomic E-state index is -1.44. The van der Waals surface area contributed by atoms with E-state index < -0.39 is 39.9 Å². The molecule has 2 amide bonds. The Labute approximate surface area is 223 Å². The Morgan fingerprint density at radius 1 is 1.32 bits per heavy atom. The minimum Gasteiger partial charge on any atom is -0.481 e. The topological polar surface area (TPSA) is 146 Å². The van der Waals surface area contributed by atoms with Crippen LogP contribution in [0.25, 0.3) is 0 Å². The first-order valence-corrected chi connectivity index (χ1v) is 13.6. The first-order valence-electron chi connectivity index (χ1n) is 9.66. The Hall–Kier alpha value is -1.46. The van der Waals surface area contributed by atoms with Gasteiger partial charge in [0.15, 0.2) is 6.04 Å². The lowest BCUT2D eigenvalue weighted by Gasteiger charge is -2.56. The molecule has 34 heavy (non-hydrogen) atoms. The van der Waals surface area contributed by atoms with Crippen LogP contribution >= 0.6 is 67.6 Å². The molecule has 2 N–H and O–H groups in total. The zero-order chi connectivity index (χ0) is 24.9. The molecule has 4 heterocycles. The number of carboxylic acid groups (broad SMARTS) is 1. The van der Waals surface area contributed by atoms with Gasteiger partial charge in [-0.3, -0.25) is 23.9 Å². The average molecular weight is 655 g/mol. The number of hydrogen-bond acceptors (Lipinski definition) is 10. The number of hydrogen-bond donors (Lipinski definition) is 3. The van der Waals surface area contributed by atoms with Crippen LogP contribution in [-0.2, 0) is 21.0 Å². The summed E-state index contributed by atoms with van der Waals surface area (Å²) in [4.78, 5) is 51.6. The molecule has 16 heteroatoms. The van der Waals surface area contributed by atoms with Crippen molar-refractivity contribution in [3.63, 3.8) is 0 Å². The number of amides is 2. The Morgan fingerprint density at radius 2 is 1.97 bits per heavy atom. The summed E-state index contributed by atoms with van der Waals surface area (Å²) in [6.45, 7) is 0.864. The fourth-order valence-corrected chi connectivity index (χ4v) is 8.04. The van der Waals surface area contributed by atoms with Crippen LogP contribution in [0.15, 0.2) is 26.1 Å². The Bertz CT molecular complexity index is 1210. The normalized spacial score (nSPS) is 24.9. The zero-order valence-electron chi connectivity index (χ0n) is 17.3. The van der Waals surface area contributed by atoms with Crippen molar-refractivity contribution in [2.24, 2.45) is 5.41 Å². The maximum absolute atomic E-state index is 13.2. The molecule has 4 atom stereocenters. The van der Waals surface area contributed by atoms with Crippen LogP contribution < -0.4 is 10.4 Å². The summed E-state index contributed by atoms with van der Waals surface area (Å²) in [5.41, 5.74) is -1.75. The highest BCUT2D eigenvalue weighted by molar-refractivity contribution is 9.11. The number of fused-ring (bicyclic) bond motifs is 1. The smallest absolute Gasteiger partial charge is 0.313 e. The van der Waals surface area contributed by atoms with E-state index in [4.69, 9.17) is 0 Å². The molecule has 0 spiro atoms. The van der Waals surface area contributed by atoms with Crippen molar-refractivity contribution >= 4 is 85.4 Å². The monoisotopic (exact) mass is 653 g/mol. The van der Waals surface area contributed by atoms with E-state index in [-0.39, 0.29) is 33.3 Å². The lowest BCUT2D eigenvalue weighted by Crippen LogP contribution is -2.76. The number of thiol groups is 1. The van der Waals surface area contributed by atoms with Crippen LogP contribution in [0, 0.1) is 5.41 Å². The summed E-state index contributed by atoms with van der Waals surface area (Å²) in [5.74, 6) is -1.86. The highest BCUT2D eigenvalue weighted by atomic mass is 79.9. The van der Waals surface area contributed by atoms with E-state index in [1.807, 2.05) is 0 Å². The molecule has 0 aromatic carbocycles. The number of rotatable bonds is 6. The molecule has 2 aliphatic heterocycles. The molecule has 2 saturated heterocycles. The second kappa shape index (κ2) is 9.54. The number of pyridine rings is 1. The van der Waals surface area contributed by atoms with Crippen molar-refractivity contribution in [3.8, 4) is 0 Å². The van der Waals surface area contributed by atoms with Crippen LogP contribution in [0.3, 0.4) is 0 Å².